The molecule has 0 radical (unpaired) electrons. The van der Waals surface area contributed by atoms with Gasteiger partial charge in [-0.05, 0) is 25.3 Å². The van der Waals surface area contributed by atoms with Crippen LogP contribution in [0.3, 0.4) is 0 Å². The van der Waals surface area contributed by atoms with Crippen LogP contribution in [0.2, 0.25) is 0 Å². The van der Waals surface area contributed by atoms with E-state index in [2.05, 4.69) is 11.8 Å². The van der Waals surface area contributed by atoms with E-state index in [-0.39, 0.29) is 12.0 Å². The van der Waals surface area contributed by atoms with Crippen LogP contribution in [0.15, 0.2) is 0 Å². The van der Waals surface area contributed by atoms with E-state index in [1.807, 2.05) is 0 Å². The number of cyclic esters (lactones) is 1. The molecule has 2 heterocycles. The van der Waals surface area contributed by atoms with Crippen LogP contribution < -0.4 is 0 Å². The van der Waals surface area contributed by atoms with Crippen molar-refractivity contribution in [2.75, 3.05) is 19.7 Å². The molecule has 2 saturated heterocycles. The van der Waals surface area contributed by atoms with Crippen LogP contribution >= 0.6 is 0 Å². The lowest BCUT2D eigenvalue weighted by molar-refractivity contribution is -0.142. The molecule has 0 aromatic rings. The first-order valence-electron chi connectivity index (χ1n) is 5.18. The Labute approximate surface area is 79.0 Å². The fourth-order valence-corrected chi connectivity index (χ4v) is 2.33. The summed E-state index contributed by atoms with van der Waals surface area (Å²) < 4.78 is 4.97. The number of piperidine rings is 1. The summed E-state index contributed by atoms with van der Waals surface area (Å²) >= 11 is 0. The van der Waals surface area contributed by atoms with E-state index in [1.54, 1.807) is 0 Å². The Morgan fingerprint density at radius 3 is 2.92 bits per heavy atom. The van der Waals surface area contributed by atoms with Crippen molar-refractivity contribution < 1.29 is 9.53 Å². The van der Waals surface area contributed by atoms with Gasteiger partial charge in [-0.3, -0.25) is 9.69 Å². The highest BCUT2D eigenvalue weighted by molar-refractivity contribution is 5.77. The molecule has 0 aliphatic carbocycles. The molecule has 2 rings (SSSR count). The number of likely N-dealkylation sites (tertiary alicyclic amines) is 1. The maximum atomic E-state index is 11.3. The summed E-state index contributed by atoms with van der Waals surface area (Å²) in [6.07, 6.45) is 3.43. The second-order valence-corrected chi connectivity index (χ2v) is 4.21. The topological polar surface area (TPSA) is 29.5 Å². The first-order valence-corrected chi connectivity index (χ1v) is 5.18. The Balaban J connectivity index is 1.95. The quantitative estimate of drug-likeness (QED) is 0.569. The molecule has 2 aliphatic rings. The maximum Gasteiger partial charge on any atom is 0.323 e. The van der Waals surface area contributed by atoms with Gasteiger partial charge in [-0.2, -0.15) is 0 Å². The third-order valence-corrected chi connectivity index (χ3v) is 3.04. The molecule has 2 fully saturated rings. The molecule has 2 aliphatic heterocycles. The number of carbonyl (C=O) groups is 1. The minimum atomic E-state index is -0.00546. The molecule has 0 saturated carbocycles. The van der Waals surface area contributed by atoms with Crippen molar-refractivity contribution >= 4 is 5.97 Å². The van der Waals surface area contributed by atoms with Gasteiger partial charge in [0.15, 0.2) is 0 Å². The summed E-state index contributed by atoms with van der Waals surface area (Å²) in [6, 6.07) is 0.0720. The van der Waals surface area contributed by atoms with Crippen LogP contribution in [0.5, 0.6) is 0 Å². The van der Waals surface area contributed by atoms with Gasteiger partial charge in [-0.15, -0.1) is 0 Å². The smallest absolute Gasteiger partial charge is 0.323 e. The van der Waals surface area contributed by atoms with E-state index in [0.29, 0.717) is 6.61 Å². The van der Waals surface area contributed by atoms with Gasteiger partial charge < -0.3 is 4.74 Å². The number of carbonyl (C=O) groups excluding carboxylic acids is 1. The average Bonchev–Trinajstić information content (AvgIpc) is 2.51. The Hall–Kier alpha value is -0.570. The van der Waals surface area contributed by atoms with Crippen LogP contribution in [0.1, 0.15) is 26.2 Å². The van der Waals surface area contributed by atoms with Gasteiger partial charge in [0.2, 0.25) is 0 Å². The molecular weight excluding hydrogens is 166 g/mol. The summed E-state index contributed by atoms with van der Waals surface area (Å²) in [5.74, 6) is 0.733. The highest BCUT2D eigenvalue weighted by atomic mass is 16.5. The van der Waals surface area contributed by atoms with Crippen molar-refractivity contribution in [1.82, 2.24) is 4.90 Å². The number of ether oxygens (including phenoxy) is 1. The van der Waals surface area contributed by atoms with E-state index in [1.165, 1.54) is 12.8 Å². The highest BCUT2D eigenvalue weighted by Crippen LogP contribution is 2.22. The maximum absolute atomic E-state index is 11.3. The normalized spacial score (nSPS) is 36.2. The zero-order chi connectivity index (χ0) is 9.26. The van der Waals surface area contributed by atoms with Crippen LogP contribution in [-0.4, -0.2) is 36.6 Å². The highest BCUT2D eigenvalue weighted by Gasteiger charge is 2.33. The van der Waals surface area contributed by atoms with Gasteiger partial charge in [-0.25, -0.2) is 0 Å². The molecule has 0 aromatic carbocycles. The van der Waals surface area contributed by atoms with Gasteiger partial charge >= 0.3 is 5.97 Å². The summed E-state index contributed by atoms with van der Waals surface area (Å²) in [4.78, 5) is 13.6. The molecular formula is C10H17NO2. The lowest BCUT2D eigenvalue weighted by Crippen LogP contribution is -2.44. The van der Waals surface area contributed by atoms with E-state index in [4.69, 9.17) is 4.74 Å². The van der Waals surface area contributed by atoms with Crippen molar-refractivity contribution in [1.29, 1.82) is 0 Å². The van der Waals surface area contributed by atoms with Crippen LogP contribution in [0.4, 0.5) is 0 Å². The molecule has 74 valence electrons. The second-order valence-electron chi connectivity index (χ2n) is 4.21. The minimum absolute atomic E-state index is 0.00546. The average molecular weight is 183 g/mol. The zero-order valence-corrected chi connectivity index (χ0v) is 8.16. The Morgan fingerprint density at radius 2 is 2.31 bits per heavy atom. The third-order valence-electron chi connectivity index (χ3n) is 3.04. The molecule has 1 unspecified atom stereocenters. The molecule has 0 N–H and O–H groups in total. The Bertz CT molecular complexity index is 205. The van der Waals surface area contributed by atoms with Crippen LogP contribution in [0.25, 0.3) is 0 Å². The SMILES string of the molecule is C[C@H]1CCCN(C2CCOC2=O)C1. The number of rotatable bonds is 1. The summed E-state index contributed by atoms with van der Waals surface area (Å²) in [5.41, 5.74) is 0. The monoisotopic (exact) mass is 183 g/mol. The van der Waals surface area contributed by atoms with Gasteiger partial charge in [0, 0.05) is 13.0 Å². The lowest BCUT2D eigenvalue weighted by Gasteiger charge is -2.33. The summed E-state index contributed by atoms with van der Waals surface area (Å²) in [6.45, 7) is 5.02. The summed E-state index contributed by atoms with van der Waals surface area (Å²) in [7, 11) is 0. The Kier molecular flexibility index (Phi) is 2.54. The van der Waals surface area contributed by atoms with E-state index >= 15 is 0 Å². The molecule has 2 atom stereocenters. The third kappa shape index (κ3) is 1.85. The fraction of sp³-hybridized carbons (Fsp3) is 0.900. The molecule has 3 heteroatoms. The molecule has 0 bridgehead atoms. The number of hydrogen-bond donors (Lipinski definition) is 0. The zero-order valence-electron chi connectivity index (χ0n) is 8.16. The van der Waals surface area contributed by atoms with E-state index in [9.17, 15) is 4.79 Å². The molecule has 0 spiro atoms. The van der Waals surface area contributed by atoms with E-state index < -0.39 is 0 Å². The molecule has 3 nitrogen and oxygen atoms in total. The number of esters is 1. The molecule has 0 aromatic heterocycles. The van der Waals surface area contributed by atoms with Crippen molar-refractivity contribution in [3.63, 3.8) is 0 Å². The predicted octanol–water partition coefficient (Wildman–Crippen LogP) is 1.03. The largest absolute Gasteiger partial charge is 0.464 e. The summed E-state index contributed by atoms with van der Waals surface area (Å²) in [5, 5.41) is 0. The first kappa shape index (κ1) is 9.00. The molecule has 13 heavy (non-hydrogen) atoms. The van der Waals surface area contributed by atoms with Crippen molar-refractivity contribution in [2.24, 2.45) is 5.92 Å². The molecule has 0 amide bonds. The van der Waals surface area contributed by atoms with Gasteiger partial charge in [0.05, 0.1) is 6.61 Å². The van der Waals surface area contributed by atoms with Crippen LogP contribution in [0, 0.1) is 5.92 Å². The van der Waals surface area contributed by atoms with Crippen molar-refractivity contribution in [3.8, 4) is 0 Å². The number of nitrogens with zero attached hydrogens (tertiary/aromatic N) is 1. The van der Waals surface area contributed by atoms with Gasteiger partial charge in [-0.1, -0.05) is 6.92 Å². The predicted molar refractivity (Wildman–Crippen MR) is 49.3 cm³/mol. The van der Waals surface area contributed by atoms with Crippen LogP contribution in [-0.2, 0) is 9.53 Å². The lowest BCUT2D eigenvalue weighted by atomic mass is 9.98. The van der Waals surface area contributed by atoms with E-state index in [0.717, 1.165) is 25.4 Å². The first-order chi connectivity index (χ1) is 6.27. The van der Waals surface area contributed by atoms with Crippen molar-refractivity contribution in [2.45, 2.75) is 32.2 Å². The Morgan fingerprint density at radius 1 is 1.46 bits per heavy atom. The standard InChI is InChI=1S/C10H17NO2/c1-8-3-2-5-11(7-8)9-4-6-13-10(9)12/h8-9H,2-7H2,1H3/t8-,9?/m0/s1. The minimum Gasteiger partial charge on any atom is -0.464 e. The second kappa shape index (κ2) is 3.66. The van der Waals surface area contributed by atoms with Gasteiger partial charge in [0.25, 0.3) is 0 Å². The van der Waals surface area contributed by atoms with Crippen molar-refractivity contribution in [3.05, 3.63) is 0 Å². The fourth-order valence-electron chi connectivity index (χ4n) is 2.33. The van der Waals surface area contributed by atoms with Gasteiger partial charge in [0.1, 0.15) is 6.04 Å². The number of hydrogen-bond acceptors (Lipinski definition) is 3.